The van der Waals surface area contributed by atoms with Gasteiger partial charge in [-0.15, -0.1) is 0 Å². The Labute approximate surface area is 117 Å². The molecule has 0 radical (unpaired) electrons. The number of nitrogens with one attached hydrogen (secondary N) is 2. The second-order valence-electron chi connectivity index (χ2n) is 6.81. The molecule has 3 heteroatoms. The van der Waals surface area contributed by atoms with E-state index in [1.165, 1.54) is 51.4 Å². The lowest BCUT2D eigenvalue weighted by molar-refractivity contribution is 0.123. The van der Waals surface area contributed by atoms with E-state index in [1.54, 1.807) is 0 Å². The Morgan fingerprint density at radius 1 is 1.00 bits per heavy atom. The van der Waals surface area contributed by atoms with Crippen molar-refractivity contribution in [2.45, 2.75) is 63.5 Å². The van der Waals surface area contributed by atoms with E-state index >= 15 is 0 Å². The molecule has 2 N–H and O–H groups in total. The van der Waals surface area contributed by atoms with Gasteiger partial charge in [0.05, 0.1) is 6.61 Å². The molecule has 1 aliphatic heterocycles. The average molecular weight is 266 g/mol. The quantitative estimate of drug-likeness (QED) is 0.694. The zero-order valence-electron chi connectivity index (χ0n) is 12.2. The summed E-state index contributed by atoms with van der Waals surface area (Å²) >= 11 is 0. The Morgan fingerprint density at radius 2 is 1.89 bits per heavy atom. The highest BCUT2D eigenvalue weighted by atomic mass is 16.5. The third kappa shape index (κ3) is 4.44. The summed E-state index contributed by atoms with van der Waals surface area (Å²) in [6, 6.07) is 1.52. The van der Waals surface area contributed by atoms with Gasteiger partial charge in [-0.2, -0.15) is 0 Å². The molecule has 0 aromatic heterocycles. The van der Waals surface area contributed by atoms with Gasteiger partial charge in [-0.1, -0.05) is 12.8 Å². The highest BCUT2D eigenvalue weighted by molar-refractivity contribution is 4.89. The van der Waals surface area contributed by atoms with Gasteiger partial charge in [0.15, 0.2) is 0 Å². The maximum Gasteiger partial charge on any atom is 0.0591 e. The van der Waals surface area contributed by atoms with Gasteiger partial charge in [-0.3, -0.25) is 0 Å². The number of hydrogen-bond donors (Lipinski definition) is 2. The van der Waals surface area contributed by atoms with Crippen molar-refractivity contribution in [2.75, 3.05) is 26.3 Å². The zero-order valence-corrected chi connectivity index (χ0v) is 12.2. The molecule has 0 aromatic carbocycles. The van der Waals surface area contributed by atoms with E-state index < -0.39 is 0 Å². The lowest BCUT2D eigenvalue weighted by Gasteiger charge is -2.40. The monoisotopic (exact) mass is 266 g/mol. The van der Waals surface area contributed by atoms with E-state index in [9.17, 15) is 0 Å². The van der Waals surface area contributed by atoms with Crippen LogP contribution >= 0.6 is 0 Å². The van der Waals surface area contributed by atoms with Crippen LogP contribution in [0.3, 0.4) is 0 Å². The van der Waals surface area contributed by atoms with Gasteiger partial charge in [0.2, 0.25) is 0 Å². The molecule has 2 aliphatic carbocycles. The number of hydrogen-bond acceptors (Lipinski definition) is 3. The molecule has 3 fully saturated rings. The van der Waals surface area contributed by atoms with E-state index in [0.717, 1.165) is 44.2 Å². The molecular weight excluding hydrogens is 236 g/mol. The fraction of sp³-hybridized carbons (Fsp3) is 1.00. The Morgan fingerprint density at radius 3 is 2.79 bits per heavy atom. The predicted molar refractivity (Wildman–Crippen MR) is 78.3 cm³/mol. The summed E-state index contributed by atoms with van der Waals surface area (Å²) in [6.45, 7) is 4.01. The molecule has 110 valence electrons. The van der Waals surface area contributed by atoms with Crippen LogP contribution in [0.2, 0.25) is 0 Å². The summed E-state index contributed by atoms with van der Waals surface area (Å²) in [6.07, 6.45) is 11.4. The van der Waals surface area contributed by atoms with E-state index in [4.69, 9.17) is 4.74 Å². The first-order chi connectivity index (χ1) is 9.42. The summed E-state index contributed by atoms with van der Waals surface area (Å²) in [5.74, 6) is 1.87. The second kappa shape index (κ2) is 7.05. The van der Waals surface area contributed by atoms with Crippen LogP contribution in [0.1, 0.15) is 51.4 Å². The molecule has 0 spiro atoms. The number of fused-ring (bicyclic) bond motifs is 1. The molecule has 0 bridgehead atoms. The number of rotatable bonds is 7. The topological polar surface area (TPSA) is 33.3 Å². The van der Waals surface area contributed by atoms with Gasteiger partial charge in [0.1, 0.15) is 0 Å². The van der Waals surface area contributed by atoms with Crippen molar-refractivity contribution in [3.63, 3.8) is 0 Å². The minimum Gasteiger partial charge on any atom is -0.380 e. The Kier molecular flexibility index (Phi) is 5.14. The van der Waals surface area contributed by atoms with Crippen molar-refractivity contribution in [1.82, 2.24) is 10.6 Å². The smallest absolute Gasteiger partial charge is 0.0591 e. The molecule has 2 saturated carbocycles. The predicted octanol–water partition coefficient (Wildman–Crippen LogP) is 2.31. The fourth-order valence-electron chi connectivity index (χ4n) is 3.69. The van der Waals surface area contributed by atoms with Crippen molar-refractivity contribution in [1.29, 1.82) is 0 Å². The summed E-state index contributed by atoms with van der Waals surface area (Å²) in [4.78, 5) is 0. The zero-order chi connectivity index (χ0) is 12.9. The maximum absolute atomic E-state index is 5.65. The van der Waals surface area contributed by atoms with Crippen LogP contribution in [-0.4, -0.2) is 38.4 Å². The third-order valence-electron chi connectivity index (χ3n) is 5.11. The molecule has 3 rings (SSSR count). The largest absolute Gasteiger partial charge is 0.380 e. The molecule has 3 nitrogen and oxygen atoms in total. The Balaban J connectivity index is 1.24. The standard InChI is InChI=1S/C16H30N2O/c1-2-4-16-14(3-1)7-8-15(18-16)11-17-9-10-19-12-13-5-6-13/h13-18H,1-12H2. The molecule has 19 heavy (non-hydrogen) atoms. The van der Waals surface area contributed by atoms with Crippen LogP contribution in [0, 0.1) is 11.8 Å². The molecule has 0 aromatic rings. The van der Waals surface area contributed by atoms with Gasteiger partial charge in [0.25, 0.3) is 0 Å². The first kappa shape index (κ1) is 13.8. The van der Waals surface area contributed by atoms with E-state index in [1.807, 2.05) is 0 Å². The first-order valence-electron chi connectivity index (χ1n) is 8.46. The van der Waals surface area contributed by atoms with Crippen LogP contribution in [0.5, 0.6) is 0 Å². The molecule has 3 atom stereocenters. The minimum absolute atomic E-state index is 0.697. The number of piperidine rings is 1. The fourth-order valence-corrected chi connectivity index (χ4v) is 3.69. The summed E-state index contributed by atoms with van der Waals surface area (Å²) in [7, 11) is 0. The van der Waals surface area contributed by atoms with Crippen LogP contribution in [0.4, 0.5) is 0 Å². The molecule has 3 unspecified atom stereocenters. The minimum atomic E-state index is 0.697. The highest BCUT2D eigenvalue weighted by Crippen LogP contribution is 2.32. The highest BCUT2D eigenvalue weighted by Gasteiger charge is 2.31. The third-order valence-corrected chi connectivity index (χ3v) is 5.11. The van der Waals surface area contributed by atoms with Crippen LogP contribution in [0.25, 0.3) is 0 Å². The first-order valence-corrected chi connectivity index (χ1v) is 8.46. The van der Waals surface area contributed by atoms with Gasteiger partial charge >= 0.3 is 0 Å². The Bertz CT molecular complexity index is 267. The van der Waals surface area contributed by atoms with Crippen molar-refractivity contribution in [3.05, 3.63) is 0 Å². The van der Waals surface area contributed by atoms with Gasteiger partial charge < -0.3 is 15.4 Å². The van der Waals surface area contributed by atoms with Crippen LogP contribution in [-0.2, 0) is 4.74 Å². The van der Waals surface area contributed by atoms with Crippen molar-refractivity contribution in [2.24, 2.45) is 11.8 Å². The van der Waals surface area contributed by atoms with Crippen molar-refractivity contribution < 1.29 is 4.74 Å². The second-order valence-corrected chi connectivity index (χ2v) is 6.81. The lowest BCUT2D eigenvalue weighted by atomic mass is 9.78. The van der Waals surface area contributed by atoms with Crippen LogP contribution < -0.4 is 10.6 Å². The SMILES string of the molecule is C1CCC2NC(CNCCOCC3CC3)CCC2C1. The van der Waals surface area contributed by atoms with Gasteiger partial charge in [-0.05, 0) is 50.4 Å². The van der Waals surface area contributed by atoms with E-state index in [2.05, 4.69) is 10.6 Å². The summed E-state index contributed by atoms with van der Waals surface area (Å²) in [5.41, 5.74) is 0. The Hall–Kier alpha value is -0.120. The van der Waals surface area contributed by atoms with Crippen LogP contribution in [0.15, 0.2) is 0 Å². The summed E-state index contributed by atoms with van der Waals surface area (Å²) < 4.78 is 5.65. The normalized spacial score (nSPS) is 35.1. The maximum atomic E-state index is 5.65. The number of ether oxygens (including phenoxy) is 1. The van der Waals surface area contributed by atoms with Crippen molar-refractivity contribution >= 4 is 0 Å². The van der Waals surface area contributed by atoms with Gasteiger partial charge in [0, 0.05) is 31.8 Å². The lowest BCUT2D eigenvalue weighted by Crippen LogP contribution is -2.52. The molecule has 1 heterocycles. The van der Waals surface area contributed by atoms with E-state index in [0.29, 0.717) is 6.04 Å². The average Bonchev–Trinajstić information content (AvgIpc) is 3.27. The molecule has 1 saturated heterocycles. The van der Waals surface area contributed by atoms with Crippen molar-refractivity contribution in [3.8, 4) is 0 Å². The molecule has 0 amide bonds. The van der Waals surface area contributed by atoms with E-state index in [-0.39, 0.29) is 0 Å². The molecule has 3 aliphatic rings. The molecular formula is C16H30N2O. The van der Waals surface area contributed by atoms with Gasteiger partial charge in [-0.25, -0.2) is 0 Å². The summed E-state index contributed by atoms with van der Waals surface area (Å²) in [5, 5.41) is 7.43.